The lowest BCUT2D eigenvalue weighted by molar-refractivity contribution is 0.0975. The third kappa shape index (κ3) is 1.56. The van der Waals surface area contributed by atoms with Crippen LogP contribution >= 0.6 is 0 Å². The molecule has 0 fully saturated rings. The largest absolute Gasteiger partial charge is 0.506 e. The van der Waals surface area contributed by atoms with Gasteiger partial charge in [0, 0.05) is 22.0 Å². The van der Waals surface area contributed by atoms with E-state index in [1.165, 1.54) is 12.1 Å². The van der Waals surface area contributed by atoms with Crippen molar-refractivity contribution in [2.24, 2.45) is 0 Å². The van der Waals surface area contributed by atoms with Crippen LogP contribution in [0.1, 0.15) is 31.8 Å². The van der Waals surface area contributed by atoms with Crippen molar-refractivity contribution >= 4 is 28.0 Å². The lowest BCUT2D eigenvalue weighted by Gasteiger charge is -2.22. The number of nitrogens with two attached hydrogens (primary N) is 1. The Bertz CT molecular complexity index is 1040. The van der Waals surface area contributed by atoms with Gasteiger partial charge in [-0.3, -0.25) is 9.59 Å². The summed E-state index contributed by atoms with van der Waals surface area (Å²) in [4.78, 5) is 25.5. The minimum atomic E-state index is -0.564. The second kappa shape index (κ2) is 4.33. The van der Waals surface area contributed by atoms with Crippen molar-refractivity contribution in [3.8, 4) is 11.5 Å². The van der Waals surface area contributed by atoms with Crippen molar-refractivity contribution in [3.05, 3.63) is 64.7 Å². The van der Waals surface area contributed by atoms with Gasteiger partial charge in [-0.15, -0.1) is 0 Å². The molecule has 0 radical (unpaired) electrons. The van der Waals surface area contributed by atoms with Gasteiger partial charge in [0.15, 0.2) is 11.6 Å². The van der Waals surface area contributed by atoms with E-state index < -0.39 is 11.6 Å². The van der Waals surface area contributed by atoms with Crippen LogP contribution in [0, 0.1) is 0 Å². The van der Waals surface area contributed by atoms with Crippen LogP contribution in [0.3, 0.4) is 0 Å². The van der Waals surface area contributed by atoms with E-state index in [0.29, 0.717) is 10.8 Å². The number of aromatic hydroxyl groups is 2. The van der Waals surface area contributed by atoms with E-state index in [9.17, 15) is 19.8 Å². The summed E-state index contributed by atoms with van der Waals surface area (Å²) in [5, 5.41) is 21.6. The molecule has 3 aromatic rings. The zero-order valence-electron chi connectivity index (χ0n) is 11.8. The molecule has 4 N–H and O–H groups in total. The molecule has 23 heavy (non-hydrogen) atoms. The number of fused-ring (bicyclic) bond motifs is 3. The van der Waals surface area contributed by atoms with Gasteiger partial charge in [0.25, 0.3) is 0 Å². The number of phenolic OH excluding ortho intramolecular Hbond substituents is 2. The summed E-state index contributed by atoms with van der Waals surface area (Å²) in [6.07, 6.45) is 0. The van der Waals surface area contributed by atoms with Gasteiger partial charge >= 0.3 is 0 Å². The first-order valence-electron chi connectivity index (χ1n) is 6.97. The monoisotopic (exact) mass is 305 g/mol. The van der Waals surface area contributed by atoms with Gasteiger partial charge in [-0.05, 0) is 6.07 Å². The fourth-order valence-corrected chi connectivity index (χ4v) is 3.12. The Kier molecular flexibility index (Phi) is 2.51. The zero-order chi connectivity index (χ0) is 16.3. The highest BCUT2D eigenvalue weighted by Crippen LogP contribution is 2.44. The van der Waals surface area contributed by atoms with Gasteiger partial charge in [0.05, 0.1) is 16.7 Å². The maximum Gasteiger partial charge on any atom is 0.200 e. The number of carbonyl (C=O) groups is 2. The molecular formula is C18H11NO4. The van der Waals surface area contributed by atoms with E-state index >= 15 is 0 Å². The van der Waals surface area contributed by atoms with Crippen molar-refractivity contribution in [2.45, 2.75) is 0 Å². The van der Waals surface area contributed by atoms with Crippen LogP contribution in [0.25, 0.3) is 10.8 Å². The molecule has 112 valence electrons. The highest BCUT2D eigenvalue weighted by atomic mass is 16.3. The molecule has 0 amide bonds. The number of anilines is 1. The first-order valence-corrected chi connectivity index (χ1v) is 6.97. The third-order valence-corrected chi connectivity index (χ3v) is 4.18. The fraction of sp³-hybridized carbons (Fsp3) is 0. The molecule has 1 aliphatic carbocycles. The Morgan fingerprint density at radius 2 is 1.26 bits per heavy atom. The molecule has 4 rings (SSSR count). The summed E-state index contributed by atoms with van der Waals surface area (Å²) in [6, 6.07) is 11.1. The van der Waals surface area contributed by atoms with Crippen molar-refractivity contribution < 1.29 is 19.8 Å². The molecule has 0 atom stereocenters. The third-order valence-electron chi connectivity index (χ3n) is 4.18. The molecule has 0 spiro atoms. The molecule has 0 aromatic heterocycles. The number of phenols is 2. The number of hydrogen-bond donors (Lipinski definition) is 3. The van der Waals surface area contributed by atoms with Crippen LogP contribution in [-0.4, -0.2) is 21.8 Å². The second-order valence-corrected chi connectivity index (χ2v) is 5.42. The molecule has 0 unspecified atom stereocenters. The Balaban J connectivity index is 2.20. The fourth-order valence-electron chi connectivity index (χ4n) is 3.12. The zero-order valence-corrected chi connectivity index (χ0v) is 11.8. The Morgan fingerprint density at radius 3 is 1.87 bits per heavy atom. The highest BCUT2D eigenvalue weighted by Gasteiger charge is 2.37. The predicted molar refractivity (Wildman–Crippen MR) is 85.0 cm³/mol. The molecule has 0 aliphatic heterocycles. The minimum Gasteiger partial charge on any atom is -0.506 e. The van der Waals surface area contributed by atoms with Crippen LogP contribution in [-0.2, 0) is 0 Å². The summed E-state index contributed by atoms with van der Waals surface area (Å²) < 4.78 is 0. The first-order chi connectivity index (χ1) is 11.0. The Labute approximate surface area is 130 Å². The summed E-state index contributed by atoms with van der Waals surface area (Å²) in [5.41, 5.74) is 5.82. The van der Waals surface area contributed by atoms with Crippen molar-refractivity contribution in [3.63, 3.8) is 0 Å². The van der Waals surface area contributed by atoms with Crippen LogP contribution in [0.15, 0.2) is 42.5 Å². The van der Waals surface area contributed by atoms with E-state index in [0.717, 1.165) is 0 Å². The van der Waals surface area contributed by atoms with Crippen LogP contribution in [0.4, 0.5) is 5.69 Å². The van der Waals surface area contributed by atoms with E-state index in [1.807, 2.05) is 0 Å². The first kappa shape index (κ1) is 13.3. The van der Waals surface area contributed by atoms with Crippen molar-refractivity contribution in [2.75, 3.05) is 5.73 Å². The molecular weight excluding hydrogens is 294 g/mol. The second-order valence-electron chi connectivity index (χ2n) is 5.42. The van der Waals surface area contributed by atoms with Gasteiger partial charge in [-0.25, -0.2) is 0 Å². The van der Waals surface area contributed by atoms with Crippen LogP contribution in [0.2, 0.25) is 0 Å². The number of hydrogen-bond acceptors (Lipinski definition) is 5. The molecule has 0 saturated carbocycles. The normalized spacial score (nSPS) is 13.0. The summed E-state index contributed by atoms with van der Waals surface area (Å²) in [5.74, 6) is -1.72. The van der Waals surface area contributed by atoms with Crippen LogP contribution < -0.4 is 5.73 Å². The van der Waals surface area contributed by atoms with E-state index in [4.69, 9.17) is 5.73 Å². The van der Waals surface area contributed by atoms with Crippen molar-refractivity contribution in [1.29, 1.82) is 0 Å². The van der Waals surface area contributed by atoms with Gasteiger partial charge in [-0.2, -0.15) is 0 Å². The van der Waals surface area contributed by atoms with Crippen molar-refractivity contribution in [1.82, 2.24) is 0 Å². The lowest BCUT2D eigenvalue weighted by atomic mass is 9.81. The number of nitrogen functional groups attached to an aromatic ring is 1. The molecule has 5 heteroatoms. The average Bonchev–Trinajstić information content (AvgIpc) is 2.55. The number of carbonyl (C=O) groups excluding carboxylic acids is 2. The topological polar surface area (TPSA) is 101 Å². The minimum absolute atomic E-state index is 0.0648. The molecule has 3 aromatic carbocycles. The van der Waals surface area contributed by atoms with Gasteiger partial charge in [-0.1, -0.05) is 36.4 Å². The number of benzene rings is 3. The lowest BCUT2D eigenvalue weighted by Crippen LogP contribution is -2.22. The van der Waals surface area contributed by atoms with E-state index in [1.54, 1.807) is 30.3 Å². The predicted octanol–water partition coefficient (Wildman–Crippen LogP) is 2.61. The molecule has 1 aliphatic rings. The Morgan fingerprint density at radius 1 is 0.696 bits per heavy atom. The maximum absolute atomic E-state index is 12.8. The molecule has 5 nitrogen and oxygen atoms in total. The van der Waals surface area contributed by atoms with E-state index in [2.05, 4.69) is 0 Å². The summed E-state index contributed by atoms with van der Waals surface area (Å²) in [6.45, 7) is 0. The smallest absolute Gasteiger partial charge is 0.200 e. The quantitative estimate of drug-likeness (QED) is 0.342. The average molecular weight is 305 g/mol. The van der Waals surface area contributed by atoms with Gasteiger partial charge in [0.1, 0.15) is 11.5 Å². The van der Waals surface area contributed by atoms with E-state index in [-0.39, 0.29) is 39.4 Å². The highest BCUT2D eigenvalue weighted by molar-refractivity contribution is 6.33. The summed E-state index contributed by atoms with van der Waals surface area (Å²) in [7, 11) is 0. The number of ketones is 2. The molecule has 0 saturated heterocycles. The standard InChI is InChI=1S/C18H11NO4/c19-11-7-3-6-10-12(11)18(23)14-13(17(10)22)15(20)8-4-1-2-5-9(8)16(14)21/h1-7,20-21H,19H2. The molecule has 0 bridgehead atoms. The Hall–Kier alpha value is -3.34. The SMILES string of the molecule is Nc1cccc2c1C(=O)c1c(c(O)c3ccccc3c1O)C2=O. The molecule has 0 heterocycles. The number of rotatable bonds is 0. The van der Waals surface area contributed by atoms with Crippen LogP contribution in [0.5, 0.6) is 11.5 Å². The van der Waals surface area contributed by atoms with Gasteiger partial charge in [0.2, 0.25) is 0 Å². The van der Waals surface area contributed by atoms with Gasteiger partial charge < -0.3 is 15.9 Å². The maximum atomic E-state index is 12.8. The summed E-state index contributed by atoms with van der Waals surface area (Å²) >= 11 is 0.